The third-order valence-electron chi connectivity index (χ3n) is 5.72. The van der Waals surface area contributed by atoms with Gasteiger partial charge >= 0.3 is 0 Å². The second kappa shape index (κ2) is 13.8. The number of nitrogens with one attached hydrogen (secondary N) is 3. The number of aliphatic hydroxyl groups excluding tert-OH is 1. The topological polar surface area (TPSA) is 126 Å². The van der Waals surface area contributed by atoms with E-state index < -0.39 is 34.6 Å². The van der Waals surface area contributed by atoms with E-state index in [1.807, 2.05) is 54.6 Å². The number of hydrogen-bond acceptors (Lipinski definition) is 7. The minimum Gasteiger partial charge on any atom is -0.497 e. The van der Waals surface area contributed by atoms with E-state index in [-0.39, 0.29) is 11.4 Å². The fourth-order valence-corrected chi connectivity index (χ4v) is 4.68. The Bertz CT molecular complexity index is 1240. The highest BCUT2D eigenvalue weighted by molar-refractivity contribution is 7.89. The highest BCUT2D eigenvalue weighted by Gasteiger charge is 2.23. The fourth-order valence-electron chi connectivity index (χ4n) is 3.70. The zero-order chi connectivity index (χ0) is 26.7. The van der Waals surface area contributed by atoms with Crippen LogP contribution in [-0.4, -0.2) is 58.9 Å². The lowest BCUT2D eigenvalue weighted by atomic mass is 10.0. The van der Waals surface area contributed by atoms with E-state index in [0.717, 1.165) is 16.9 Å². The highest BCUT2D eigenvalue weighted by atomic mass is 32.2. The van der Waals surface area contributed by atoms with Gasteiger partial charge in [-0.3, -0.25) is 4.79 Å². The van der Waals surface area contributed by atoms with Crippen LogP contribution in [0.4, 0.5) is 0 Å². The van der Waals surface area contributed by atoms with E-state index in [1.54, 1.807) is 7.11 Å². The molecule has 0 fully saturated rings. The molecule has 10 heteroatoms. The number of rotatable bonds is 14. The van der Waals surface area contributed by atoms with Crippen LogP contribution in [0.2, 0.25) is 0 Å². The number of benzene rings is 3. The van der Waals surface area contributed by atoms with Crippen LogP contribution in [0.25, 0.3) is 0 Å². The number of carbonyl (C=O) groups is 1. The van der Waals surface area contributed by atoms with Crippen molar-refractivity contribution in [2.75, 3.05) is 27.3 Å². The molecule has 37 heavy (non-hydrogen) atoms. The van der Waals surface area contributed by atoms with Gasteiger partial charge in [-0.25, -0.2) is 13.1 Å². The van der Waals surface area contributed by atoms with Gasteiger partial charge in [0.1, 0.15) is 11.5 Å². The van der Waals surface area contributed by atoms with Crippen LogP contribution >= 0.6 is 0 Å². The van der Waals surface area contributed by atoms with Crippen molar-refractivity contribution in [1.82, 2.24) is 15.4 Å². The van der Waals surface area contributed by atoms with E-state index in [0.29, 0.717) is 18.7 Å². The van der Waals surface area contributed by atoms with E-state index in [4.69, 9.17) is 9.47 Å². The molecule has 0 heterocycles. The summed E-state index contributed by atoms with van der Waals surface area (Å²) < 4.78 is 37.7. The molecule has 0 aliphatic rings. The van der Waals surface area contributed by atoms with Gasteiger partial charge < -0.3 is 25.2 Å². The molecule has 1 amide bonds. The number of sulfonamides is 1. The first-order valence-electron chi connectivity index (χ1n) is 11.8. The average molecular weight is 528 g/mol. The van der Waals surface area contributed by atoms with Gasteiger partial charge in [0, 0.05) is 13.1 Å². The zero-order valence-electron chi connectivity index (χ0n) is 20.9. The Hall–Kier alpha value is -3.44. The monoisotopic (exact) mass is 527 g/mol. The smallest absolute Gasteiger partial charge is 0.241 e. The lowest BCUT2D eigenvalue weighted by Crippen LogP contribution is -2.51. The lowest BCUT2D eigenvalue weighted by Gasteiger charge is -2.25. The van der Waals surface area contributed by atoms with Crippen molar-refractivity contribution in [2.45, 2.75) is 30.0 Å². The van der Waals surface area contributed by atoms with Gasteiger partial charge in [0.05, 0.1) is 37.8 Å². The summed E-state index contributed by atoms with van der Waals surface area (Å²) in [4.78, 5) is 12.7. The van der Waals surface area contributed by atoms with Crippen molar-refractivity contribution in [3.63, 3.8) is 0 Å². The van der Waals surface area contributed by atoms with E-state index >= 15 is 0 Å². The van der Waals surface area contributed by atoms with Gasteiger partial charge in [-0.1, -0.05) is 42.5 Å². The normalized spacial score (nSPS) is 12.9. The van der Waals surface area contributed by atoms with E-state index in [1.165, 1.54) is 31.4 Å². The number of aliphatic hydroxyl groups is 1. The summed E-state index contributed by atoms with van der Waals surface area (Å²) in [6, 6.07) is 22.2. The Morgan fingerprint density at radius 2 is 1.57 bits per heavy atom. The van der Waals surface area contributed by atoms with Crippen LogP contribution in [0.1, 0.15) is 11.1 Å². The molecule has 0 aliphatic heterocycles. The molecule has 3 rings (SSSR count). The molecule has 0 saturated heterocycles. The first-order chi connectivity index (χ1) is 17.8. The number of carbonyl (C=O) groups excluding carboxylic acids is 1. The molecular weight excluding hydrogens is 494 g/mol. The molecule has 0 aromatic heterocycles. The lowest BCUT2D eigenvalue weighted by molar-refractivity contribution is -0.121. The van der Waals surface area contributed by atoms with Crippen LogP contribution in [0.15, 0.2) is 83.8 Å². The van der Waals surface area contributed by atoms with Gasteiger partial charge in [-0.15, -0.1) is 0 Å². The molecule has 3 aromatic rings. The van der Waals surface area contributed by atoms with Crippen molar-refractivity contribution in [1.29, 1.82) is 0 Å². The molecule has 4 N–H and O–H groups in total. The van der Waals surface area contributed by atoms with Crippen molar-refractivity contribution in [3.05, 3.63) is 90.0 Å². The second-order valence-electron chi connectivity index (χ2n) is 8.41. The summed E-state index contributed by atoms with van der Waals surface area (Å²) in [5.41, 5.74) is 1.92. The Morgan fingerprint density at radius 1 is 0.892 bits per heavy atom. The third-order valence-corrected chi connectivity index (χ3v) is 7.14. The van der Waals surface area contributed by atoms with Crippen molar-refractivity contribution in [2.24, 2.45) is 0 Å². The number of methoxy groups -OCH3 is 2. The highest BCUT2D eigenvalue weighted by Crippen LogP contribution is 2.15. The summed E-state index contributed by atoms with van der Waals surface area (Å²) in [6.07, 6.45) is -0.548. The third kappa shape index (κ3) is 8.87. The van der Waals surface area contributed by atoms with Crippen molar-refractivity contribution < 1.29 is 27.8 Å². The zero-order valence-corrected chi connectivity index (χ0v) is 21.7. The van der Waals surface area contributed by atoms with Crippen LogP contribution in [-0.2, 0) is 27.8 Å². The minimum absolute atomic E-state index is 0.0173. The SMILES string of the molecule is COc1ccc(S(=O)(=O)NCC(=O)N[C@@H](Cc2ccccc2)[C@H](O)CNCc2cccc(OC)c2)cc1. The van der Waals surface area contributed by atoms with Gasteiger partial charge in [0.25, 0.3) is 0 Å². The van der Waals surface area contributed by atoms with Crippen molar-refractivity contribution >= 4 is 15.9 Å². The maximum Gasteiger partial charge on any atom is 0.241 e. The predicted molar refractivity (Wildman–Crippen MR) is 141 cm³/mol. The average Bonchev–Trinajstić information content (AvgIpc) is 2.92. The standard InChI is InChI=1S/C27H33N3O6S/c1-35-22-11-13-24(14-12-22)37(33,34)29-19-27(32)30-25(16-20-7-4-3-5-8-20)26(31)18-28-17-21-9-6-10-23(15-21)36-2/h3-15,25-26,28-29,31H,16-19H2,1-2H3,(H,30,32)/t25-,26+/m0/s1. The number of amides is 1. The maximum atomic E-state index is 12.7. The summed E-state index contributed by atoms with van der Waals surface area (Å²) in [5.74, 6) is 0.713. The molecule has 0 bridgehead atoms. The second-order valence-corrected chi connectivity index (χ2v) is 10.2. The Morgan fingerprint density at radius 3 is 2.24 bits per heavy atom. The van der Waals surface area contributed by atoms with Crippen LogP contribution in [0, 0.1) is 0 Å². The summed E-state index contributed by atoms with van der Waals surface area (Å²) >= 11 is 0. The van der Waals surface area contributed by atoms with Crippen molar-refractivity contribution in [3.8, 4) is 11.5 Å². The van der Waals surface area contributed by atoms with E-state index in [2.05, 4.69) is 15.4 Å². The largest absolute Gasteiger partial charge is 0.497 e. The van der Waals surface area contributed by atoms with Crippen LogP contribution in [0.5, 0.6) is 11.5 Å². The Balaban J connectivity index is 1.59. The molecule has 9 nitrogen and oxygen atoms in total. The Kier molecular flexibility index (Phi) is 10.5. The van der Waals surface area contributed by atoms with Crippen LogP contribution < -0.4 is 24.8 Å². The van der Waals surface area contributed by atoms with Gasteiger partial charge in [-0.2, -0.15) is 0 Å². The molecular formula is C27H33N3O6S. The number of ether oxygens (including phenoxy) is 2. The summed E-state index contributed by atoms with van der Waals surface area (Å²) in [7, 11) is -0.809. The molecule has 0 unspecified atom stereocenters. The van der Waals surface area contributed by atoms with Gasteiger partial charge in [0.15, 0.2) is 0 Å². The molecule has 0 radical (unpaired) electrons. The maximum absolute atomic E-state index is 12.7. The minimum atomic E-state index is -3.90. The number of hydrogen-bond donors (Lipinski definition) is 4. The first kappa shape index (κ1) is 28.1. The summed E-state index contributed by atoms with van der Waals surface area (Å²) in [5, 5.41) is 16.9. The van der Waals surface area contributed by atoms with Gasteiger partial charge in [0.2, 0.25) is 15.9 Å². The summed E-state index contributed by atoms with van der Waals surface area (Å²) in [6.45, 7) is 0.248. The Labute approximate surface area is 217 Å². The molecule has 3 aromatic carbocycles. The molecule has 0 spiro atoms. The van der Waals surface area contributed by atoms with Crippen LogP contribution in [0.3, 0.4) is 0 Å². The quantitative estimate of drug-likeness (QED) is 0.252. The first-order valence-corrected chi connectivity index (χ1v) is 13.3. The molecule has 0 aliphatic carbocycles. The predicted octanol–water partition coefficient (Wildman–Crippen LogP) is 1.86. The van der Waals surface area contributed by atoms with E-state index in [9.17, 15) is 18.3 Å². The van der Waals surface area contributed by atoms with Gasteiger partial charge in [-0.05, 0) is 53.9 Å². The molecule has 2 atom stereocenters. The molecule has 0 saturated carbocycles. The molecule has 198 valence electrons. The fraction of sp³-hybridized carbons (Fsp3) is 0.296.